The van der Waals surface area contributed by atoms with E-state index in [1.54, 1.807) is 12.3 Å². The fourth-order valence-electron chi connectivity index (χ4n) is 5.81. The number of carbonyl (C=O) groups excluding carboxylic acids is 1. The summed E-state index contributed by atoms with van der Waals surface area (Å²) in [6.07, 6.45) is 5.79. The molecular weight excluding hydrogens is 331 g/mol. The van der Waals surface area contributed by atoms with Gasteiger partial charge >= 0.3 is 0 Å². The summed E-state index contributed by atoms with van der Waals surface area (Å²) in [5.41, 5.74) is 0.737. The Labute approximate surface area is 152 Å². The van der Waals surface area contributed by atoms with Gasteiger partial charge in [-0.25, -0.2) is 9.37 Å². The van der Waals surface area contributed by atoms with Crippen LogP contribution in [0.4, 0.5) is 10.2 Å². The SMILES string of the molecule is N#Cc1cccnc1N1CC23CCCCC2(CN(C(=O)C2CC2F)C3)C1. The van der Waals surface area contributed by atoms with E-state index in [1.165, 1.54) is 12.8 Å². The highest BCUT2D eigenvalue weighted by atomic mass is 19.1. The first-order valence-electron chi connectivity index (χ1n) is 9.61. The largest absolute Gasteiger partial charge is 0.354 e. The highest BCUT2D eigenvalue weighted by Crippen LogP contribution is 2.61. The first-order valence-corrected chi connectivity index (χ1v) is 9.61. The third-order valence-corrected chi connectivity index (χ3v) is 7.21. The van der Waals surface area contributed by atoms with Gasteiger partial charge < -0.3 is 9.80 Å². The van der Waals surface area contributed by atoms with Gasteiger partial charge in [-0.05, 0) is 31.4 Å². The molecule has 0 spiro atoms. The van der Waals surface area contributed by atoms with Crippen LogP contribution in [-0.4, -0.2) is 48.1 Å². The highest BCUT2D eigenvalue weighted by molar-refractivity contribution is 5.83. The van der Waals surface area contributed by atoms with E-state index in [1.807, 2.05) is 11.0 Å². The molecule has 1 amide bonds. The second-order valence-corrected chi connectivity index (χ2v) is 8.66. The van der Waals surface area contributed by atoms with Gasteiger partial charge in [0.15, 0.2) is 0 Å². The van der Waals surface area contributed by atoms with Crippen molar-refractivity contribution in [3.8, 4) is 6.07 Å². The maximum absolute atomic E-state index is 13.4. The summed E-state index contributed by atoms with van der Waals surface area (Å²) in [6, 6.07) is 5.88. The monoisotopic (exact) mass is 354 g/mol. The number of halogens is 1. The molecule has 4 fully saturated rings. The number of alkyl halides is 1. The van der Waals surface area contributed by atoms with E-state index in [0.29, 0.717) is 12.0 Å². The molecule has 2 aliphatic heterocycles. The van der Waals surface area contributed by atoms with Crippen LogP contribution >= 0.6 is 0 Å². The average molecular weight is 354 g/mol. The number of likely N-dealkylation sites (tertiary alicyclic amines) is 1. The lowest BCUT2D eigenvalue weighted by Crippen LogP contribution is -2.42. The maximum Gasteiger partial charge on any atom is 0.228 e. The fourth-order valence-corrected chi connectivity index (χ4v) is 5.81. The van der Waals surface area contributed by atoms with E-state index in [9.17, 15) is 14.4 Å². The lowest BCUT2D eigenvalue weighted by Gasteiger charge is -2.41. The van der Waals surface area contributed by atoms with E-state index >= 15 is 0 Å². The van der Waals surface area contributed by atoms with Crippen molar-refractivity contribution in [3.63, 3.8) is 0 Å². The lowest BCUT2D eigenvalue weighted by atomic mass is 9.60. The number of nitriles is 1. The Kier molecular flexibility index (Phi) is 3.34. The van der Waals surface area contributed by atoms with Crippen molar-refractivity contribution in [3.05, 3.63) is 23.9 Å². The van der Waals surface area contributed by atoms with Crippen molar-refractivity contribution < 1.29 is 9.18 Å². The number of hydrogen-bond donors (Lipinski definition) is 0. The summed E-state index contributed by atoms with van der Waals surface area (Å²) in [5, 5.41) is 9.44. The van der Waals surface area contributed by atoms with Gasteiger partial charge in [0.1, 0.15) is 18.1 Å². The molecule has 2 saturated carbocycles. The first-order chi connectivity index (χ1) is 12.6. The molecule has 1 aromatic heterocycles. The Hall–Kier alpha value is -2.16. The predicted octanol–water partition coefficient (Wildman–Crippen LogP) is 2.52. The smallest absolute Gasteiger partial charge is 0.228 e. The molecule has 136 valence electrons. The van der Waals surface area contributed by atoms with Gasteiger partial charge in [0.25, 0.3) is 0 Å². The van der Waals surface area contributed by atoms with Crippen molar-refractivity contribution in [2.45, 2.75) is 38.3 Å². The zero-order valence-electron chi connectivity index (χ0n) is 14.8. The molecule has 4 aliphatic rings. The summed E-state index contributed by atoms with van der Waals surface area (Å²) in [6.45, 7) is 3.15. The van der Waals surface area contributed by atoms with Crippen LogP contribution in [0.25, 0.3) is 0 Å². The Morgan fingerprint density at radius 2 is 1.88 bits per heavy atom. The number of amides is 1. The van der Waals surface area contributed by atoms with Gasteiger partial charge in [-0.15, -0.1) is 0 Å². The van der Waals surface area contributed by atoms with E-state index in [-0.39, 0.29) is 22.7 Å². The van der Waals surface area contributed by atoms with Crippen molar-refractivity contribution in [2.24, 2.45) is 16.7 Å². The van der Waals surface area contributed by atoms with Gasteiger partial charge in [-0.3, -0.25) is 4.79 Å². The Morgan fingerprint density at radius 1 is 1.23 bits per heavy atom. The van der Waals surface area contributed by atoms with Crippen molar-refractivity contribution in [1.29, 1.82) is 5.26 Å². The Bertz CT molecular complexity index is 783. The molecule has 4 unspecified atom stereocenters. The topological polar surface area (TPSA) is 60.2 Å². The summed E-state index contributed by atoms with van der Waals surface area (Å²) >= 11 is 0. The van der Waals surface area contributed by atoms with Gasteiger partial charge in [0.05, 0.1) is 11.5 Å². The van der Waals surface area contributed by atoms with Crippen LogP contribution in [-0.2, 0) is 4.79 Å². The minimum absolute atomic E-state index is 0.0228. The molecule has 0 radical (unpaired) electrons. The molecule has 5 nitrogen and oxygen atoms in total. The number of hydrogen-bond acceptors (Lipinski definition) is 4. The van der Waals surface area contributed by atoms with Crippen LogP contribution in [0.3, 0.4) is 0 Å². The average Bonchev–Trinajstić information content (AvgIpc) is 3.15. The van der Waals surface area contributed by atoms with Gasteiger partial charge in [0.2, 0.25) is 5.91 Å². The number of aromatic nitrogens is 1. The molecule has 26 heavy (non-hydrogen) atoms. The quantitative estimate of drug-likeness (QED) is 0.819. The van der Waals surface area contributed by atoms with E-state index in [2.05, 4.69) is 16.0 Å². The van der Waals surface area contributed by atoms with E-state index < -0.39 is 6.17 Å². The van der Waals surface area contributed by atoms with E-state index in [0.717, 1.165) is 44.8 Å². The van der Waals surface area contributed by atoms with Gasteiger partial charge in [0, 0.05) is 43.2 Å². The second-order valence-electron chi connectivity index (χ2n) is 8.66. The summed E-state index contributed by atoms with van der Waals surface area (Å²) in [4.78, 5) is 21.4. The Balaban J connectivity index is 1.45. The minimum Gasteiger partial charge on any atom is -0.354 e. The third kappa shape index (κ3) is 2.12. The van der Waals surface area contributed by atoms with Crippen molar-refractivity contribution >= 4 is 11.7 Å². The molecule has 0 N–H and O–H groups in total. The van der Waals surface area contributed by atoms with Crippen LogP contribution in [0.15, 0.2) is 18.3 Å². The van der Waals surface area contributed by atoms with Gasteiger partial charge in [-0.2, -0.15) is 5.26 Å². The molecule has 2 aliphatic carbocycles. The van der Waals surface area contributed by atoms with Crippen LogP contribution in [0, 0.1) is 28.1 Å². The standard InChI is InChI=1S/C20H23FN4O/c21-16-8-15(16)18(26)25-12-19-5-1-2-6-20(19,13-25)11-24(10-19)17-14(9-22)4-3-7-23-17/h3-4,7,15-16H,1-2,5-6,8,10-13H2. The fraction of sp³-hybridized carbons (Fsp3) is 0.650. The summed E-state index contributed by atoms with van der Waals surface area (Å²) in [7, 11) is 0. The molecule has 3 heterocycles. The van der Waals surface area contributed by atoms with Crippen molar-refractivity contribution in [1.82, 2.24) is 9.88 Å². The highest BCUT2D eigenvalue weighted by Gasteiger charge is 2.65. The first kappa shape index (κ1) is 16.0. The zero-order chi connectivity index (χ0) is 17.9. The van der Waals surface area contributed by atoms with E-state index in [4.69, 9.17) is 0 Å². The van der Waals surface area contributed by atoms with Gasteiger partial charge in [-0.1, -0.05) is 12.8 Å². The number of carbonyl (C=O) groups is 1. The normalized spacial score (nSPS) is 37.8. The van der Waals surface area contributed by atoms with Crippen LogP contribution in [0.5, 0.6) is 0 Å². The molecule has 0 aromatic carbocycles. The molecular formula is C20H23FN4O. The number of pyridine rings is 1. The third-order valence-electron chi connectivity index (χ3n) is 7.21. The molecule has 0 bridgehead atoms. The summed E-state index contributed by atoms with van der Waals surface area (Å²) in [5.74, 6) is 0.407. The van der Waals surface area contributed by atoms with Crippen LogP contribution in [0.2, 0.25) is 0 Å². The number of anilines is 1. The zero-order valence-corrected chi connectivity index (χ0v) is 14.8. The lowest BCUT2D eigenvalue weighted by molar-refractivity contribution is -0.132. The maximum atomic E-state index is 13.4. The van der Waals surface area contributed by atoms with Crippen molar-refractivity contribution in [2.75, 3.05) is 31.1 Å². The predicted molar refractivity (Wildman–Crippen MR) is 94.1 cm³/mol. The number of rotatable bonds is 2. The van der Waals surface area contributed by atoms with Crippen LogP contribution < -0.4 is 4.90 Å². The summed E-state index contributed by atoms with van der Waals surface area (Å²) < 4.78 is 13.4. The Morgan fingerprint density at radius 3 is 2.46 bits per heavy atom. The molecule has 5 rings (SSSR count). The molecule has 6 heteroatoms. The minimum atomic E-state index is -0.928. The molecule has 1 aromatic rings. The van der Waals surface area contributed by atoms with Crippen LogP contribution in [0.1, 0.15) is 37.7 Å². The molecule has 4 atom stereocenters. The second kappa shape index (κ2) is 5.42. The number of nitrogens with zero attached hydrogens (tertiary/aromatic N) is 4. The molecule has 2 saturated heterocycles.